The number of amides is 2. The average Bonchev–Trinajstić information content (AvgIpc) is 3.19. The Kier molecular flexibility index (Phi) is 7.72. The molecular formula is C19H30N4O3. The van der Waals surface area contributed by atoms with E-state index in [1.807, 2.05) is 6.07 Å². The number of benzene rings is 1. The molecule has 1 aliphatic rings. The summed E-state index contributed by atoms with van der Waals surface area (Å²) >= 11 is 0. The molecule has 0 saturated carbocycles. The standard InChI is InChI=1S/C19H30N4O3/c1-4-22(5-2)13-10-20-19(25)21-16-14-15(18(24)26-3)8-9-17(16)23-11-6-7-12-23/h8-9,14H,4-7,10-13H2,1-3H3,(H2,20,21,25). The molecule has 1 aliphatic heterocycles. The van der Waals surface area contributed by atoms with Crippen molar-refractivity contribution < 1.29 is 14.3 Å². The first kappa shape index (κ1) is 20.0. The van der Waals surface area contributed by atoms with Crippen molar-refractivity contribution >= 4 is 23.4 Å². The topological polar surface area (TPSA) is 73.9 Å². The number of urea groups is 1. The maximum atomic E-state index is 12.3. The third-order valence-electron chi connectivity index (χ3n) is 4.72. The largest absolute Gasteiger partial charge is 0.465 e. The Morgan fingerprint density at radius 2 is 1.88 bits per heavy atom. The zero-order valence-electron chi connectivity index (χ0n) is 16.0. The van der Waals surface area contributed by atoms with E-state index < -0.39 is 5.97 Å². The number of likely N-dealkylation sites (N-methyl/N-ethyl adjacent to an activating group) is 1. The van der Waals surface area contributed by atoms with Gasteiger partial charge in [0.05, 0.1) is 24.0 Å². The molecule has 2 amide bonds. The van der Waals surface area contributed by atoms with Gasteiger partial charge in [-0.3, -0.25) is 0 Å². The van der Waals surface area contributed by atoms with Gasteiger partial charge in [-0.1, -0.05) is 13.8 Å². The Bertz CT molecular complexity index is 611. The first-order chi connectivity index (χ1) is 12.6. The molecule has 1 heterocycles. The SMILES string of the molecule is CCN(CC)CCNC(=O)Nc1cc(C(=O)OC)ccc1N1CCCC1. The van der Waals surface area contributed by atoms with E-state index in [1.54, 1.807) is 12.1 Å². The van der Waals surface area contributed by atoms with Crippen LogP contribution in [0.1, 0.15) is 37.0 Å². The van der Waals surface area contributed by atoms with E-state index in [0.717, 1.165) is 51.3 Å². The Hall–Kier alpha value is -2.28. The lowest BCUT2D eigenvalue weighted by atomic mass is 10.1. The lowest BCUT2D eigenvalue weighted by molar-refractivity contribution is 0.0600. The number of nitrogens with zero attached hydrogens (tertiary/aromatic N) is 2. The van der Waals surface area contributed by atoms with Crippen molar-refractivity contribution in [1.82, 2.24) is 10.2 Å². The van der Waals surface area contributed by atoms with E-state index in [-0.39, 0.29) is 6.03 Å². The summed E-state index contributed by atoms with van der Waals surface area (Å²) in [5.74, 6) is -0.414. The van der Waals surface area contributed by atoms with Crippen molar-refractivity contribution in [2.45, 2.75) is 26.7 Å². The molecule has 0 unspecified atom stereocenters. The molecule has 1 saturated heterocycles. The van der Waals surface area contributed by atoms with E-state index in [2.05, 4.69) is 34.3 Å². The van der Waals surface area contributed by atoms with Crippen molar-refractivity contribution in [3.8, 4) is 0 Å². The van der Waals surface area contributed by atoms with Crippen LogP contribution >= 0.6 is 0 Å². The number of carbonyl (C=O) groups is 2. The molecule has 0 aromatic heterocycles. The average molecular weight is 362 g/mol. The van der Waals surface area contributed by atoms with Crippen LogP contribution in [0.4, 0.5) is 16.2 Å². The molecule has 0 spiro atoms. The molecule has 1 aromatic carbocycles. The second-order valence-electron chi connectivity index (χ2n) is 6.33. The first-order valence-electron chi connectivity index (χ1n) is 9.33. The van der Waals surface area contributed by atoms with E-state index >= 15 is 0 Å². The molecule has 2 rings (SSSR count). The van der Waals surface area contributed by atoms with Crippen molar-refractivity contribution in [2.75, 3.05) is 56.6 Å². The van der Waals surface area contributed by atoms with Crippen LogP contribution in [0.15, 0.2) is 18.2 Å². The molecule has 0 atom stereocenters. The molecule has 26 heavy (non-hydrogen) atoms. The maximum absolute atomic E-state index is 12.3. The molecule has 7 nitrogen and oxygen atoms in total. The van der Waals surface area contributed by atoms with E-state index in [0.29, 0.717) is 17.8 Å². The number of anilines is 2. The zero-order valence-corrected chi connectivity index (χ0v) is 16.0. The summed E-state index contributed by atoms with van der Waals surface area (Å²) in [4.78, 5) is 28.6. The lowest BCUT2D eigenvalue weighted by Crippen LogP contribution is -2.37. The molecule has 144 valence electrons. The fraction of sp³-hybridized carbons (Fsp3) is 0.579. The second kappa shape index (κ2) is 10.0. The molecule has 1 fully saturated rings. The van der Waals surface area contributed by atoms with Gasteiger partial charge >= 0.3 is 12.0 Å². The van der Waals surface area contributed by atoms with Gasteiger partial charge in [0.15, 0.2) is 0 Å². The van der Waals surface area contributed by atoms with Crippen LogP contribution in [0.25, 0.3) is 0 Å². The van der Waals surface area contributed by atoms with Crippen molar-refractivity contribution in [3.05, 3.63) is 23.8 Å². The highest BCUT2D eigenvalue weighted by Crippen LogP contribution is 2.30. The van der Waals surface area contributed by atoms with Gasteiger partial charge in [0, 0.05) is 26.2 Å². The molecule has 7 heteroatoms. The van der Waals surface area contributed by atoms with Crippen LogP contribution in [0.3, 0.4) is 0 Å². The molecule has 0 radical (unpaired) electrons. The smallest absolute Gasteiger partial charge is 0.337 e. The fourth-order valence-electron chi connectivity index (χ4n) is 3.15. The third-order valence-corrected chi connectivity index (χ3v) is 4.72. The zero-order chi connectivity index (χ0) is 18.9. The number of ether oxygens (including phenoxy) is 1. The van der Waals surface area contributed by atoms with Gasteiger partial charge in [0.1, 0.15) is 0 Å². The van der Waals surface area contributed by atoms with E-state index in [4.69, 9.17) is 4.74 Å². The van der Waals surface area contributed by atoms with Gasteiger partial charge in [0.25, 0.3) is 0 Å². The number of methoxy groups -OCH3 is 1. The number of nitrogens with one attached hydrogen (secondary N) is 2. The summed E-state index contributed by atoms with van der Waals surface area (Å²) in [6.07, 6.45) is 2.27. The van der Waals surface area contributed by atoms with Crippen LogP contribution < -0.4 is 15.5 Å². The van der Waals surface area contributed by atoms with Gasteiger partial charge < -0.3 is 25.2 Å². The van der Waals surface area contributed by atoms with Crippen LogP contribution in [0, 0.1) is 0 Å². The summed E-state index contributed by atoms with van der Waals surface area (Å²) in [6, 6.07) is 5.04. The highest BCUT2D eigenvalue weighted by Gasteiger charge is 2.19. The van der Waals surface area contributed by atoms with Crippen LogP contribution in [-0.4, -0.2) is 63.3 Å². The molecule has 0 bridgehead atoms. The predicted octanol–water partition coefficient (Wildman–Crippen LogP) is 2.54. The van der Waals surface area contributed by atoms with Gasteiger partial charge in [0.2, 0.25) is 0 Å². The van der Waals surface area contributed by atoms with Gasteiger partial charge in [-0.05, 0) is 44.1 Å². The van der Waals surface area contributed by atoms with E-state index in [9.17, 15) is 9.59 Å². The number of hydrogen-bond acceptors (Lipinski definition) is 5. The summed E-state index contributed by atoms with van der Waals surface area (Å²) < 4.78 is 4.79. The van der Waals surface area contributed by atoms with Crippen LogP contribution in [0.2, 0.25) is 0 Å². The number of carbonyl (C=O) groups excluding carboxylic acids is 2. The van der Waals surface area contributed by atoms with Crippen molar-refractivity contribution in [2.24, 2.45) is 0 Å². The number of hydrogen-bond donors (Lipinski definition) is 2. The maximum Gasteiger partial charge on any atom is 0.337 e. The van der Waals surface area contributed by atoms with Crippen molar-refractivity contribution in [3.63, 3.8) is 0 Å². The van der Waals surface area contributed by atoms with Gasteiger partial charge in [-0.15, -0.1) is 0 Å². The quantitative estimate of drug-likeness (QED) is 0.695. The van der Waals surface area contributed by atoms with Crippen LogP contribution in [-0.2, 0) is 4.74 Å². The normalized spacial score (nSPS) is 13.8. The highest BCUT2D eigenvalue weighted by atomic mass is 16.5. The molecule has 1 aromatic rings. The Morgan fingerprint density at radius 1 is 1.19 bits per heavy atom. The monoisotopic (exact) mass is 362 g/mol. The number of esters is 1. The summed E-state index contributed by atoms with van der Waals surface area (Å²) in [6.45, 7) is 9.41. The highest BCUT2D eigenvalue weighted by molar-refractivity contribution is 5.97. The molecule has 2 N–H and O–H groups in total. The van der Waals surface area contributed by atoms with E-state index in [1.165, 1.54) is 7.11 Å². The second-order valence-corrected chi connectivity index (χ2v) is 6.33. The van der Waals surface area contributed by atoms with Crippen molar-refractivity contribution in [1.29, 1.82) is 0 Å². The minimum atomic E-state index is -0.414. The Balaban J connectivity index is 2.06. The van der Waals surface area contributed by atoms with Gasteiger partial charge in [-0.25, -0.2) is 9.59 Å². The molecule has 0 aliphatic carbocycles. The van der Waals surface area contributed by atoms with Gasteiger partial charge in [-0.2, -0.15) is 0 Å². The summed E-state index contributed by atoms with van der Waals surface area (Å²) in [7, 11) is 1.35. The third kappa shape index (κ3) is 5.36. The number of rotatable bonds is 8. The fourth-order valence-corrected chi connectivity index (χ4v) is 3.15. The first-order valence-corrected chi connectivity index (χ1v) is 9.33. The Morgan fingerprint density at radius 3 is 2.50 bits per heavy atom. The minimum Gasteiger partial charge on any atom is -0.465 e. The van der Waals surface area contributed by atoms with Crippen LogP contribution in [0.5, 0.6) is 0 Å². The minimum absolute atomic E-state index is 0.264. The summed E-state index contributed by atoms with van der Waals surface area (Å²) in [5, 5.41) is 5.78. The summed E-state index contributed by atoms with van der Waals surface area (Å²) in [5.41, 5.74) is 2.00. The Labute approximate surface area is 155 Å². The molecular weight excluding hydrogens is 332 g/mol. The predicted molar refractivity (Wildman–Crippen MR) is 104 cm³/mol. The lowest BCUT2D eigenvalue weighted by Gasteiger charge is -2.22.